The van der Waals surface area contributed by atoms with Crippen molar-refractivity contribution in [2.45, 2.75) is 44.2 Å². The zero-order valence-electron chi connectivity index (χ0n) is 17.2. The van der Waals surface area contributed by atoms with Gasteiger partial charge in [0, 0.05) is 31.4 Å². The highest BCUT2D eigenvalue weighted by atomic mass is 19.1. The number of primary amides is 1. The Morgan fingerprint density at radius 2 is 2.03 bits per heavy atom. The number of pyridine rings is 1. The molecule has 0 saturated carbocycles. The first-order valence-electron chi connectivity index (χ1n) is 11.1. The van der Waals surface area contributed by atoms with E-state index in [1.54, 1.807) is 18.3 Å². The average Bonchev–Trinajstić information content (AvgIpc) is 2.77. The number of halogens is 1. The van der Waals surface area contributed by atoms with Crippen LogP contribution in [0.25, 0.3) is 0 Å². The van der Waals surface area contributed by atoms with Crippen LogP contribution in [-0.4, -0.2) is 47.5 Å². The molecule has 3 aliphatic heterocycles. The lowest BCUT2D eigenvalue weighted by Crippen LogP contribution is -2.64. The molecule has 2 aromatic rings. The smallest absolute Gasteiger partial charge is 0.250 e. The Kier molecular flexibility index (Phi) is 5.19. The monoisotopic (exact) mass is 408 g/mol. The summed E-state index contributed by atoms with van der Waals surface area (Å²) in [5.41, 5.74) is 6.90. The third-order valence-electron chi connectivity index (χ3n) is 7.31. The summed E-state index contributed by atoms with van der Waals surface area (Å²) in [6.07, 6.45) is 7.51. The van der Waals surface area contributed by atoms with Gasteiger partial charge in [-0.15, -0.1) is 0 Å². The van der Waals surface area contributed by atoms with Crippen LogP contribution in [0.3, 0.4) is 0 Å². The second-order valence-electron chi connectivity index (χ2n) is 9.13. The molecule has 0 aliphatic carbocycles. The Morgan fingerprint density at radius 1 is 1.17 bits per heavy atom. The third kappa shape index (κ3) is 3.69. The molecule has 0 spiro atoms. The Balaban J connectivity index is 1.41. The molecule has 1 aromatic heterocycles. The minimum Gasteiger partial charge on any atom is -0.366 e. The number of hydrogen-bond acceptors (Lipinski definition) is 4. The van der Waals surface area contributed by atoms with Crippen LogP contribution in [0.4, 0.5) is 10.2 Å². The standard InChI is InChI=1S/C24H29FN4O/c25-20-5-3-4-16(10-20)11-22-19-12-18(21-6-1-2-9-29(21)22)14-28(15-19)23-8-7-17(13-27-23)24(26)30/h3-5,7-8,10,13,18-19,21-22H,1-2,6,9,11-12,14-15H2,(H2,26,30)/t18-,19+,21+,22+/m1/s1. The lowest BCUT2D eigenvalue weighted by molar-refractivity contribution is -0.0318. The molecule has 1 aromatic carbocycles. The van der Waals surface area contributed by atoms with E-state index < -0.39 is 5.91 Å². The van der Waals surface area contributed by atoms with Crippen LogP contribution in [0.1, 0.15) is 41.6 Å². The molecule has 2 bridgehead atoms. The summed E-state index contributed by atoms with van der Waals surface area (Å²) in [4.78, 5) is 21.0. The highest BCUT2D eigenvalue weighted by molar-refractivity contribution is 5.92. The van der Waals surface area contributed by atoms with E-state index in [0.717, 1.165) is 37.4 Å². The van der Waals surface area contributed by atoms with Crippen LogP contribution >= 0.6 is 0 Å². The number of benzene rings is 1. The molecular weight excluding hydrogens is 379 g/mol. The summed E-state index contributed by atoms with van der Waals surface area (Å²) < 4.78 is 13.8. The lowest BCUT2D eigenvalue weighted by Gasteiger charge is -2.57. The van der Waals surface area contributed by atoms with Gasteiger partial charge in [0.15, 0.2) is 0 Å². The molecule has 3 aliphatic rings. The number of nitrogens with zero attached hydrogens (tertiary/aromatic N) is 3. The van der Waals surface area contributed by atoms with Crippen molar-refractivity contribution in [3.63, 3.8) is 0 Å². The SMILES string of the molecule is NC(=O)c1ccc(N2C[C@H]3C[C@@H](C2)[C@H](Cc2cccc(F)c2)N2CCCC[C@@H]32)nc1. The number of carbonyl (C=O) groups excluding carboxylic acids is 1. The van der Waals surface area contributed by atoms with Gasteiger partial charge >= 0.3 is 0 Å². The van der Waals surface area contributed by atoms with Gasteiger partial charge < -0.3 is 10.6 Å². The van der Waals surface area contributed by atoms with Gasteiger partial charge in [-0.05, 0) is 73.9 Å². The molecule has 6 heteroatoms. The highest BCUT2D eigenvalue weighted by Crippen LogP contribution is 2.42. The zero-order chi connectivity index (χ0) is 20.7. The Hall–Kier alpha value is -2.47. The molecule has 3 fully saturated rings. The number of rotatable bonds is 4. The largest absolute Gasteiger partial charge is 0.366 e. The van der Waals surface area contributed by atoms with Crippen molar-refractivity contribution in [2.24, 2.45) is 17.6 Å². The summed E-state index contributed by atoms with van der Waals surface area (Å²) in [7, 11) is 0. The molecule has 30 heavy (non-hydrogen) atoms. The van der Waals surface area contributed by atoms with Gasteiger partial charge in [0.05, 0.1) is 5.56 Å². The molecule has 5 nitrogen and oxygen atoms in total. The molecular formula is C24H29FN4O. The van der Waals surface area contributed by atoms with Gasteiger partial charge in [-0.3, -0.25) is 9.69 Å². The first-order valence-corrected chi connectivity index (χ1v) is 11.1. The van der Waals surface area contributed by atoms with Crippen molar-refractivity contribution in [3.05, 3.63) is 59.5 Å². The molecule has 0 unspecified atom stereocenters. The molecule has 2 N–H and O–H groups in total. The van der Waals surface area contributed by atoms with Crippen molar-refractivity contribution in [1.29, 1.82) is 0 Å². The minimum atomic E-state index is -0.447. The fraction of sp³-hybridized carbons (Fsp3) is 0.500. The maximum absolute atomic E-state index is 13.8. The number of nitrogens with two attached hydrogens (primary N) is 1. The molecule has 3 saturated heterocycles. The maximum Gasteiger partial charge on any atom is 0.250 e. The van der Waals surface area contributed by atoms with E-state index in [1.807, 2.05) is 12.1 Å². The van der Waals surface area contributed by atoms with Gasteiger partial charge in [-0.25, -0.2) is 9.37 Å². The number of fused-ring (bicyclic) bond motifs is 4. The third-order valence-corrected chi connectivity index (χ3v) is 7.31. The predicted octanol–water partition coefficient (Wildman–Crippen LogP) is 3.24. The predicted molar refractivity (Wildman–Crippen MR) is 115 cm³/mol. The van der Waals surface area contributed by atoms with E-state index in [-0.39, 0.29) is 5.82 Å². The quantitative estimate of drug-likeness (QED) is 0.844. The maximum atomic E-state index is 13.8. The second-order valence-corrected chi connectivity index (χ2v) is 9.13. The van der Waals surface area contributed by atoms with E-state index in [9.17, 15) is 9.18 Å². The lowest BCUT2D eigenvalue weighted by atomic mass is 9.71. The first-order chi connectivity index (χ1) is 14.6. The van der Waals surface area contributed by atoms with E-state index in [0.29, 0.717) is 29.5 Å². The van der Waals surface area contributed by atoms with Gasteiger partial charge in [0.25, 0.3) is 0 Å². The Morgan fingerprint density at radius 3 is 2.80 bits per heavy atom. The molecule has 5 rings (SSSR count). The van der Waals surface area contributed by atoms with Crippen LogP contribution in [0.5, 0.6) is 0 Å². The Labute approximate surface area is 177 Å². The summed E-state index contributed by atoms with van der Waals surface area (Å²) in [6.45, 7) is 3.11. The van der Waals surface area contributed by atoms with Crippen LogP contribution in [0.2, 0.25) is 0 Å². The van der Waals surface area contributed by atoms with E-state index in [2.05, 4.69) is 20.9 Å². The van der Waals surface area contributed by atoms with Crippen LogP contribution in [0, 0.1) is 17.7 Å². The summed E-state index contributed by atoms with van der Waals surface area (Å²) >= 11 is 0. The van der Waals surface area contributed by atoms with Crippen molar-refractivity contribution >= 4 is 11.7 Å². The van der Waals surface area contributed by atoms with Crippen LogP contribution < -0.4 is 10.6 Å². The minimum absolute atomic E-state index is 0.152. The number of carbonyl (C=O) groups is 1. The van der Waals surface area contributed by atoms with Crippen LogP contribution in [0.15, 0.2) is 42.6 Å². The molecule has 4 atom stereocenters. The van der Waals surface area contributed by atoms with E-state index in [1.165, 1.54) is 31.7 Å². The van der Waals surface area contributed by atoms with E-state index >= 15 is 0 Å². The second kappa shape index (κ2) is 7.99. The van der Waals surface area contributed by atoms with Gasteiger partial charge in [0.2, 0.25) is 5.91 Å². The summed E-state index contributed by atoms with van der Waals surface area (Å²) in [5, 5.41) is 0. The topological polar surface area (TPSA) is 62.5 Å². The molecule has 4 heterocycles. The first kappa shape index (κ1) is 19.5. The molecule has 158 valence electrons. The fourth-order valence-corrected chi connectivity index (χ4v) is 6.00. The Bertz CT molecular complexity index is 918. The zero-order valence-corrected chi connectivity index (χ0v) is 17.2. The summed E-state index contributed by atoms with van der Waals surface area (Å²) in [6, 6.07) is 11.8. The van der Waals surface area contributed by atoms with Crippen molar-refractivity contribution in [3.8, 4) is 0 Å². The highest BCUT2D eigenvalue weighted by Gasteiger charge is 2.47. The number of aromatic nitrogens is 1. The van der Waals surface area contributed by atoms with Gasteiger partial charge in [0.1, 0.15) is 11.6 Å². The van der Waals surface area contributed by atoms with Gasteiger partial charge in [-0.2, -0.15) is 0 Å². The normalized spacial score (nSPS) is 28.8. The van der Waals surface area contributed by atoms with Crippen molar-refractivity contribution in [2.75, 3.05) is 24.5 Å². The number of hydrogen-bond donors (Lipinski definition) is 1. The fourth-order valence-electron chi connectivity index (χ4n) is 6.00. The number of piperidine rings is 3. The van der Waals surface area contributed by atoms with Crippen LogP contribution in [-0.2, 0) is 6.42 Å². The number of amides is 1. The average molecular weight is 409 g/mol. The number of anilines is 1. The molecule has 0 radical (unpaired) electrons. The van der Waals surface area contributed by atoms with E-state index in [4.69, 9.17) is 5.73 Å². The summed E-state index contributed by atoms with van der Waals surface area (Å²) in [5.74, 6) is 1.48. The molecule has 1 amide bonds. The van der Waals surface area contributed by atoms with Crippen molar-refractivity contribution < 1.29 is 9.18 Å². The van der Waals surface area contributed by atoms with Crippen molar-refractivity contribution in [1.82, 2.24) is 9.88 Å². The van der Waals surface area contributed by atoms with Gasteiger partial charge in [-0.1, -0.05) is 18.6 Å².